The maximum Gasteiger partial charge on any atom is 0.323 e. The van der Waals surface area contributed by atoms with Crippen LogP contribution in [0, 0.1) is 0 Å². The van der Waals surface area contributed by atoms with E-state index in [0.717, 1.165) is 17.9 Å². The van der Waals surface area contributed by atoms with Crippen molar-refractivity contribution in [2.24, 2.45) is 0 Å². The highest BCUT2D eigenvalue weighted by Gasteiger charge is 2.32. The first kappa shape index (κ1) is 17.9. The molecule has 4 nitrogen and oxygen atoms in total. The van der Waals surface area contributed by atoms with Gasteiger partial charge in [0.15, 0.2) is 0 Å². The number of carboxylic acid groups (broad SMARTS) is 1. The summed E-state index contributed by atoms with van der Waals surface area (Å²) in [6.07, 6.45) is 1.46. The molecule has 1 rings (SSSR count). The topological polar surface area (TPSA) is 58.6 Å². The molecule has 1 atom stereocenters. The van der Waals surface area contributed by atoms with E-state index in [9.17, 15) is 9.90 Å². The number of rotatable bonds is 9. The number of hydrogen-bond acceptors (Lipinski definition) is 4. The standard InChI is InChI=1S/C16H25NO3S/c1-12(2)17-16(3,15(18)19)10-5-11-21-14-8-6-13(20-4)7-9-14/h6-9,12,17H,5,10-11H2,1-4H3,(H,18,19). The molecule has 0 bridgehead atoms. The van der Waals surface area contributed by atoms with Crippen molar-refractivity contribution in [1.29, 1.82) is 0 Å². The van der Waals surface area contributed by atoms with Crippen LogP contribution in [0.2, 0.25) is 0 Å². The SMILES string of the molecule is COc1ccc(SCCCC(C)(NC(C)C)C(=O)O)cc1. The monoisotopic (exact) mass is 311 g/mol. The first-order valence-corrected chi connectivity index (χ1v) is 8.14. The Kier molecular flexibility index (Phi) is 7.05. The number of ether oxygens (including phenoxy) is 1. The molecule has 1 aromatic rings. The van der Waals surface area contributed by atoms with E-state index in [0.29, 0.717) is 6.42 Å². The van der Waals surface area contributed by atoms with Gasteiger partial charge in [0, 0.05) is 10.9 Å². The Bertz CT molecular complexity index is 447. The molecule has 0 spiro atoms. The van der Waals surface area contributed by atoms with Gasteiger partial charge in [0.2, 0.25) is 0 Å². The molecule has 0 aromatic heterocycles. The lowest BCUT2D eigenvalue weighted by atomic mass is 9.95. The second-order valence-corrected chi connectivity index (χ2v) is 6.73. The molecular weight excluding hydrogens is 286 g/mol. The Labute approximate surface area is 131 Å². The Balaban J connectivity index is 2.42. The summed E-state index contributed by atoms with van der Waals surface area (Å²) in [6, 6.07) is 8.06. The third-order valence-corrected chi connectivity index (χ3v) is 4.33. The van der Waals surface area contributed by atoms with E-state index in [-0.39, 0.29) is 6.04 Å². The molecule has 0 radical (unpaired) electrons. The van der Waals surface area contributed by atoms with Crippen molar-refractivity contribution in [2.75, 3.05) is 12.9 Å². The summed E-state index contributed by atoms with van der Waals surface area (Å²) in [5, 5.41) is 12.5. The smallest absolute Gasteiger partial charge is 0.323 e. The van der Waals surface area contributed by atoms with Crippen LogP contribution in [0.25, 0.3) is 0 Å². The quantitative estimate of drug-likeness (QED) is 0.540. The van der Waals surface area contributed by atoms with E-state index in [4.69, 9.17) is 4.74 Å². The molecule has 0 aliphatic rings. The summed E-state index contributed by atoms with van der Waals surface area (Å²) >= 11 is 1.73. The second-order valence-electron chi connectivity index (χ2n) is 5.56. The van der Waals surface area contributed by atoms with E-state index in [1.807, 2.05) is 38.1 Å². The Morgan fingerprint density at radius 3 is 2.48 bits per heavy atom. The highest BCUT2D eigenvalue weighted by Crippen LogP contribution is 2.24. The van der Waals surface area contributed by atoms with Gasteiger partial charge in [-0.15, -0.1) is 11.8 Å². The van der Waals surface area contributed by atoms with Crippen LogP contribution in [-0.2, 0) is 4.79 Å². The summed E-state index contributed by atoms with van der Waals surface area (Å²) in [6.45, 7) is 5.69. The van der Waals surface area contributed by atoms with Crippen LogP contribution in [0.4, 0.5) is 0 Å². The second kappa shape index (κ2) is 8.29. The molecule has 0 fully saturated rings. The summed E-state index contributed by atoms with van der Waals surface area (Å²) in [5.41, 5.74) is -0.853. The van der Waals surface area contributed by atoms with Gasteiger partial charge in [0.1, 0.15) is 11.3 Å². The van der Waals surface area contributed by atoms with Crippen molar-refractivity contribution < 1.29 is 14.6 Å². The minimum atomic E-state index is -0.853. The Morgan fingerprint density at radius 1 is 1.38 bits per heavy atom. The van der Waals surface area contributed by atoms with Gasteiger partial charge >= 0.3 is 5.97 Å². The van der Waals surface area contributed by atoms with Gasteiger partial charge in [-0.25, -0.2) is 0 Å². The van der Waals surface area contributed by atoms with Crippen molar-refractivity contribution in [1.82, 2.24) is 5.32 Å². The number of benzene rings is 1. The van der Waals surface area contributed by atoms with E-state index in [1.54, 1.807) is 25.8 Å². The zero-order valence-corrected chi connectivity index (χ0v) is 14.0. The fraction of sp³-hybridized carbons (Fsp3) is 0.562. The van der Waals surface area contributed by atoms with Crippen molar-refractivity contribution in [3.05, 3.63) is 24.3 Å². The van der Waals surface area contributed by atoms with Gasteiger partial charge in [-0.2, -0.15) is 0 Å². The van der Waals surface area contributed by atoms with Crippen LogP contribution in [0.3, 0.4) is 0 Å². The largest absolute Gasteiger partial charge is 0.497 e. The van der Waals surface area contributed by atoms with Crippen LogP contribution < -0.4 is 10.1 Å². The van der Waals surface area contributed by atoms with Gasteiger partial charge < -0.3 is 9.84 Å². The van der Waals surface area contributed by atoms with Gasteiger partial charge in [0.25, 0.3) is 0 Å². The molecule has 21 heavy (non-hydrogen) atoms. The third kappa shape index (κ3) is 5.98. The summed E-state index contributed by atoms with van der Waals surface area (Å²) in [5.74, 6) is 0.958. The van der Waals surface area contributed by atoms with Gasteiger partial charge in [-0.1, -0.05) is 0 Å². The minimum Gasteiger partial charge on any atom is -0.497 e. The predicted octanol–water partition coefficient (Wildman–Crippen LogP) is 3.41. The normalized spacial score (nSPS) is 14.0. The average Bonchev–Trinajstić information content (AvgIpc) is 2.43. The van der Waals surface area contributed by atoms with Crippen LogP contribution in [0.15, 0.2) is 29.2 Å². The van der Waals surface area contributed by atoms with E-state index < -0.39 is 11.5 Å². The van der Waals surface area contributed by atoms with Crippen LogP contribution >= 0.6 is 11.8 Å². The molecule has 0 aliphatic heterocycles. The number of thioether (sulfide) groups is 1. The summed E-state index contributed by atoms with van der Waals surface area (Å²) in [7, 11) is 1.65. The van der Waals surface area contributed by atoms with Crippen molar-refractivity contribution in [2.45, 2.75) is 50.1 Å². The van der Waals surface area contributed by atoms with Gasteiger partial charge in [-0.3, -0.25) is 10.1 Å². The molecule has 2 N–H and O–H groups in total. The van der Waals surface area contributed by atoms with Crippen LogP contribution in [0.1, 0.15) is 33.6 Å². The molecule has 1 aromatic carbocycles. The molecule has 0 heterocycles. The van der Waals surface area contributed by atoms with Crippen molar-refractivity contribution >= 4 is 17.7 Å². The van der Waals surface area contributed by atoms with Crippen LogP contribution in [-0.4, -0.2) is 35.5 Å². The number of aliphatic carboxylic acids is 1. The first-order chi connectivity index (χ1) is 9.87. The Morgan fingerprint density at radius 2 is 2.00 bits per heavy atom. The van der Waals surface area contributed by atoms with E-state index >= 15 is 0 Å². The van der Waals surface area contributed by atoms with Gasteiger partial charge in [0.05, 0.1) is 7.11 Å². The fourth-order valence-electron chi connectivity index (χ4n) is 2.17. The summed E-state index contributed by atoms with van der Waals surface area (Å²) < 4.78 is 5.12. The lowest BCUT2D eigenvalue weighted by Crippen LogP contribution is -2.52. The van der Waals surface area contributed by atoms with Crippen molar-refractivity contribution in [3.63, 3.8) is 0 Å². The number of hydrogen-bond donors (Lipinski definition) is 2. The minimum absolute atomic E-state index is 0.153. The highest BCUT2D eigenvalue weighted by atomic mass is 32.2. The molecule has 1 unspecified atom stereocenters. The number of carboxylic acids is 1. The zero-order valence-electron chi connectivity index (χ0n) is 13.2. The lowest BCUT2D eigenvalue weighted by Gasteiger charge is -2.28. The fourth-order valence-corrected chi connectivity index (χ4v) is 3.02. The molecule has 0 aliphatic carbocycles. The molecule has 5 heteroatoms. The Hall–Kier alpha value is -1.20. The van der Waals surface area contributed by atoms with Crippen molar-refractivity contribution in [3.8, 4) is 5.75 Å². The number of methoxy groups -OCH3 is 1. The van der Waals surface area contributed by atoms with E-state index in [2.05, 4.69) is 5.32 Å². The maximum atomic E-state index is 11.4. The molecule has 118 valence electrons. The third-order valence-electron chi connectivity index (χ3n) is 3.23. The first-order valence-electron chi connectivity index (χ1n) is 7.15. The predicted molar refractivity (Wildman–Crippen MR) is 87.3 cm³/mol. The van der Waals surface area contributed by atoms with E-state index in [1.165, 1.54) is 4.90 Å². The zero-order chi connectivity index (χ0) is 15.9. The van der Waals surface area contributed by atoms with Crippen LogP contribution in [0.5, 0.6) is 5.75 Å². The maximum absolute atomic E-state index is 11.4. The molecule has 0 saturated heterocycles. The summed E-state index contributed by atoms with van der Waals surface area (Å²) in [4.78, 5) is 12.6. The number of nitrogens with one attached hydrogen (secondary N) is 1. The molecule has 0 amide bonds. The molecule has 0 saturated carbocycles. The van der Waals surface area contributed by atoms with Gasteiger partial charge in [-0.05, 0) is 63.6 Å². The molecular formula is C16H25NO3S. The highest BCUT2D eigenvalue weighted by molar-refractivity contribution is 7.99. The number of carbonyl (C=O) groups is 1. The lowest BCUT2D eigenvalue weighted by molar-refractivity contribution is -0.144. The average molecular weight is 311 g/mol.